The quantitative estimate of drug-likeness (QED) is 0.799. The normalized spacial score (nSPS) is 14.4. The van der Waals surface area contributed by atoms with Crippen molar-refractivity contribution in [2.24, 2.45) is 0 Å². The number of ether oxygens (including phenoxy) is 1. The van der Waals surface area contributed by atoms with Crippen molar-refractivity contribution in [2.75, 3.05) is 11.9 Å². The van der Waals surface area contributed by atoms with E-state index in [-0.39, 0.29) is 16.9 Å². The van der Waals surface area contributed by atoms with Crippen molar-refractivity contribution < 1.29 is 22.4 Å². The van der Waals surface area contributed by atoms with Gasteiger partial charge in [-0.2, -0.15) is 0 Å². The number of carbonyl (C=O) groups is 1. The summed E-state index contributed by atoms with van der Waals surface area (Å²) in [5, 5.41) is 2.38. The Bertz CT molecular complexity index is 822. The molecule has 1 aliphatic rings. The molecule has 3 rings (SSSR count). The van der Waals surface area contributed by atoms with Gasteiger partial charge in [0.2, 0.25) is 5.09 Å². The van der Waals surface area contributed by atoms with Gasteiger partial charge in [0, 0.05) is 11.7 Å². The molecule has 0 atom stereocenters. The highest BCUT2D eigenvalue weighted by Crippen LogP contribution is 2.23. The Morgan fingerprint density at radius 3 is 2.54 bits per heavy atom. The largest absolute Gasteiger partial charge is 0.494 e. The summed E-state index contributed by atoms with van der Waals surface area (Å²) in [4.78, 5) is 12.1. The summed E-state index contributed by atoms with van der Waals surface area (Å²) in [7, 11) is -3.71. The highest BCUT2D eigenvalue weighted by molar-refractivity contribution is 7.89. The van der Waals surface area contributed by atoms with Gasteiger partial charge in [0.05, 0.1) is 6.61 Å². The monoisotopic (exact) mass is 350 g/mol. The van der Waals surface area contributed by atoms with E-state index < -0.39 is 15.9 Å². The maximum Gasteiger partial charge on any atom is 0.291 e. The Balaban J connectivity index is 1.67. The number of nitrogens with one attached hydrogen (secondary N) is 2. The van der Waals surface area contributed by atoms with Crippen LogP contribution >= 0.6 is 0 Å². The van der Waals surface area contributed by atoms with Crippen LogP contribution in [0.1, 0.15) is 30.3 Å². The molecule has 0 unspecified atom stereocenters. The van der Waals surface area contributed by atoms with Crippen molar-refractivity contribution in [2.45, 2.75) is 30.9 Å². The van der Waals surface area contributed by atoms with Crippen LogP contribution in [-0.2, 0) is 10.0 Å². The maximum atomic E-state index is 12.1. The van der Waals surface area contributed by atoms with Crippen molar-refractivity contribution in [3.63, 3.8) is 0 Å². The third-order valence-electron chi connectivity index (χ3n) is 3.39. The number of benzene rings is 1. The van der Waals surface area contributed by atoms with E-state index in [1.807, 2.05) is 6.92 Å². The van der Waals surface area contributed by atoms with Crippen molar-refractivity contribution in [1.82, 2.24) is 4.72 Å². The first kappa shape index (κ1) is 16.5. The Kier molecular flexibility index (Phi) is 4.59. The van der Waals surface area contributed by atoms with Crippen LogP contribution in [-0.4, -0.2) is 27.0 Å². The maximum absolute atomic E-state index is 12.1. The standard InChI is InChI=1S/C16H18N2O5S/c1-2-22-13-7-5-11(6-8-13)17-16(19)14-9-10-15(23-14)24(20,21)18-12-3-4-12/h5-10,12,18H,2-4H2,1H3,(H,17,19). The van der Waals surface area contributed by atoms with Crippen LogP contribution in [0.15, 0.2) is 45.9 Å². The summed E-state index contributed by atoms with van der Waals surface area (Å²) < 4.78 is 37.1. The first-order valence-electron chi connectivity index (χ1n) is 7.64. The molecule has 2 aromatic rings. The lowest BCUT2D eigenvalue weighted by atomic mass is 10.3. The van der Waals surface area contributed by atoms with E-state index in [0.29, 0.717) is 18.0 Å². The first-order chi connectivity index (χ1) is 11.5. The molecule has 0 bridgehead atoms. The fraction of sp³-hybridized carbons (Fsp3) is 0.312. The number of carbonyl (C=O) groups excluding carboxylic acids is 1. The molecule has 1 aromatic carbocycles. The van der Waals surface area contributed by atoms with E-state index in [0.717, 1.165) is 12.8 Å². The van der Waals surface area contributed by atoms with Crippen LogP contribution in [0.4, 0.5) is 5.69 Å². The molecule has 24 heavy (non-hydrogen) atoms. The van der Waals surface area contributed by atoms with Crippen LogP contribution in [0.2, 0.25) is 0 Å². The molecular formula is C16H18N2O5S. The van der Waals surface area contributed by atoms with Crippen LogP contribution in [0.3, 0.4) is 0 Å². The first-order valence-corrected chi connectivity index (χ1v) is 9.12. The summed E-state index contributed by atoms with van der Waals surface area (Å²) in [6.45, 7) is 2.44. The zero-order valence-corrected chi connectivity index (χ0v) is 13.9. The highest BCUT2D eigenvalue weighted by Gasteiger charge is 2.30. The lowest BCUT2D eigenvalue weighted by Gasteiger charge is -2.06. The van der Waals surface area contributed by atoms with Gasteiger partial charge >= 0.3 is 0 Å². The third kappa shape index (κ3) is 3.95. The van der Waals surface area contributed by atoms with Crippen LogP contribution in [0.5, 0.6) is 5.75 Å². The minimum absolute atomic E-state index is 0.0266. The zero-order valence-electron chi connectivity index (χ0n) is 13.1. The van der Waals surface area contributed by atoms with Gasteiger partial charge in [-0.25, -0.2) is 13.1 Å². The number of amides is 1. The van der Waals surface area contributed by atoms with Crippen molar-refractivity contribution in [1.29, 1.82) is 0 Å². The summed E-state index contributed by atoms with van der Waals surface area (Å²) in [5.41, 5.74) is 0.556. The van der Waals surface area contributed by atoms with Gasteiger partial charge in [0.15, 0.2) is 5.76 Å². The Morgan fingerprint density at radius 1 is 1.21 bits per heavy atom. The molecule has 1 aromatic heterocycles. The summed E-state index contributed by atoms with van der Waals surface area (Å²) in [6, 6.07) is 9.44. The van der Waals surface area contributed by atoms with Crippen LogP contribution < -0.4 is 14.8 Å². The second kappa shape index (κ2) is 6.66. The molecule has 1 heterocycles. The fourth-order valence-corrected chi connectivity index (χ4v) is 3.30. The molecular weight excluding hydrogens is 332 g/mol. The van der Waals surface area contributed by atoms with Crippen molar-refractivity contribution in [3.8, 4) is 5.75 Å². The minimum Gasteiger partial charge on any atom is -0.494 e. The molecule has 1 aliphatic carbocycles. The molecule has 1 amide bonds. The van der Waals surface area contributed by atoms with E-state index in [2.05, 4.69) is 10.0 Å². The Hall–Kier alpha value is -2.32. The molecule has 1 saturated carbocycles. The molecule has 0 saturated heterocycles. The molecule has 0 spiro atoms. The third-order valence-corrected chi connectivity index (χ3v) is 4.79. The van der Waals surface area contributed by atoms with Gasteiger partial charge in [-0.15, -0.1) is 0 Å². The predicted molar refractivity (Wildman–Crippen MR) is 87.6 cm³/mol. The molecule has 2 N–H and O–H groups in total. The zero-order chi connectivity index (χ0) is 17.2. The van der Waals surface area contributed by atoms with Gasteiger partial charge in [-0.05, 0) is 56.2 Å². The van der Waals surface area contributed by atoms with Crippen molar-refractivity contribution >= 4 is 21.6 Å². The Labute approximate surface area is 140 Å². The lowest BCUT2D eigenvalue weighted by Crippen LogP contribution is -2.25. The van der Waals surface area contributed by atoms with E-state index >= 15 is 0 Å². The number of hydrogen-bond donors (Lipinski definition) is 2. The Morgan fingerprint density at radius 2 is 1.92 bits per heavy atom. The second-order valence-corrected chi connectivity index (χ2v) is 7.07. The predicted octanol–water partition coefficient (Wildman–Crippen LogP) is 2.37. The lowest BCUT2D eigenvalue weighted by molar-refractivity contribution is 0.0991. The molecule has 0 aliphatic heterocycles. The van der Waals surface area contributed by atoms with E-state index in [1.54, 1.807) is 24.3 Å². The number of anilines is 1. The average molecular weight is 350 g/mol. The topological polar surface area (TPSA) is 97.6 Å². The average Bonchev–Trinajstić information content (AvgIpc) is 3.19. The number of rotatable bonds is 7. The number of furan rings is 1. The summed E-state index contributed by atoms with van der Waals surface area (Å²) >= 11 is 0. The SMILES string of the molecule is CCOc1ccc(NC(=O)c2ccc(S(=O)(=O)NC3CC3)o2)cc1. The molecule has 0 radical (unpaired) electrons. The molecule has 8 heteroatoms. The van der Waals surface area contributed by atoms with Crippen molar-refractivity contribution in [3.05, 3.63) is 42.2 Å². The van der Waals surface area contributed by atoms with E-state index in [4.69, 9.17) is 9.15 Å². The van der Waals surface area contributed by atoms with Crippen LogP contribution in [0, 0.1) is 0 Å². The van der Waals surface area contributed by atoms with Gasteiger partial charge in [0.1, 0.15) is 5.75 Å². The number of hydrogen-bond acceptors (Lipinski definition) is 5. The molecule has 7 nitrogen and oxygen atoms in total. The van der Waals surface area contributed by atoms with E-state index in [1.165, 1.54) is 12.1 Å². The smallest absolute Gasteiger partial charge is 0.291 e. The number of sulfonamides is 1. The molecule has 128 valence electrons. The second-order valence-electron chi connectivity index (χ2n) is 5.43. The van der Waals surface area contributed by atoms with E-state index in [9.17, 15) is 13.2 Å². The van der Waals surface area contributed by atoms with Gasteiger partial charge in [0.25, 0.3) is 15.9 Å². The minimum atomic E-state index is -3.71. The fourth-order valence-electron chi connectivity index (χ4n) is 2.06. The summed E-state index contributed by atoms with van der Waals surface area (Å²) in [6.07, 6.45) is 1.65. The van der Waals surface area contributed by atoms with Gasteiger partial charge in [-0.1, -0.05) is 0 Å². The van der Waals surface area contributed by atoms with Gasteiger partial charge in [-0.3, -0.25) is 4.79 Å². The summed E-state index contributed by atoms with van der Waals surface area (Å²) in [5.74, 6) is 0.111. The van der Waals surface area contributed by atoms with Crippen LogP contribution in [0.25, 0.3) is 0 Å². The van der Waals surface area contributed by atoms with Gasteiger partial charge < -0.3 is 14.5 Å². The molecule has 1 fully saturated rings. The highest BCUT2D eigenvalue weighted by atomic mass is 32.2.